The number of esters is 2. The van der Waals surface area contributed by atoms with Crippen LogP contribution in [-0.2, 0) is 34.1 Å². The third-order valence-electron chi connectivity index (χ3n) is 7.86. The number of carboxylic acid groups (broad SMARTS) is 2. The van der Waals surface area contributed by atoms with Crippen molar-refractivity contribution < 1.29 is 48.3 Å². The summed E-state index contributed by atoms with van der Waals surface area (Å²) in [5.74, 6) is -2.88. The van der Waals surface area contributed by atoms with Gasteiger partial charge in [-0.3, -0.25) is 0 Å². The van der Waals surface area contributed by atoms with Gasteiger partial charge in [-0.25, -0.2) is 19.2 Å². The van der Waals surface area contributed by atoms with Crippen molar-refractivity contribution in [3.63, 3.8) is 0 Å². The van der Waals surface area contributed by atoms with Crippen molar-refractivity contribution in [1.29, 1.82) is 0 Å². The van der Waals surface area contributed by atoms with E-state index in [4.69, 9.17) is 29.2 Å². The van der Waals surface area contributed by atoms with Gasteiger partial charge in [0.1, 0.15) is 36.9 Å². The maximum Gasteiger partial charge on any atom is 0.331 e. The highest BCUT2D eigenvalue weighted by molar-refractivity contribution is 5.91. The fourth-order valence-electron chi connectivity index (χ4n) is 5.88. The molecule has 0 fully saturated rings. The minimum Gasteiger partial charge on any atom is -0.490 e. The molecule has 0 amide bonds. The van der Waals surface area contributed by atoms with Gasteiger partial charge in [0, 0.05) is 24.3 Å². The summed E-state index contributed by atoms with van der Waals surface area (Å²) < 4.78 is 22.2. The largest absolute Gasteiger partial charge is 0.490 e. The van der Waals surface area contributed by atoms with Crippen LogP contribution >= 0.6 is 0 Å². The minimum absolute atomic E-state index is 0.0706. The minimum atomic E-state index is -1.24. The quantitative estimate of drug-likeness (QED) is 0.108. The van der Waals surface area contributed by atoms with Gasteiger partial charge in [0.25, 0.3) is 0 Å². The summed E-state index contributed by atoms with van der Waals surface area (Å²) in [6.07, 6.45) is 1.91. The van der Waals surface area contributed by atoms with Crippen LogP contribution in [-0.4, -0.2) is 59.5 Å². The zero-order valence-corrected chi connectivity index (χ0v) is 26.8. The molecule has 0 saturated heterocycles. The SMILES string of the molecule is CC(COc1ccc(C2(c3ccc(OCC(C)OC(=O)C=CC(=O)O)cc3)c3ccccc3-c3ccccc32)cc1)OC(=O)C=CC(=O)O. The Hall–Kier alpha value is -6.16. The van der Waals surface area contributed by atoms with Crippen LogP contribution in [0, 0.1) is 0 Å². The van der Waals surface area contributed by atoms with Crippen LogP contribution in [0.2, 0.25) is 0 Å². The van der Waals surface area contributed by atoms with E-state index in [0.29, 0.717) is 11.5 Å². The van der Waals surface area contributed by atoms with Gasteiger partial charge in [-0.15, -0.1) is 0 Å². The van der Waals surface area contributed by atoms with Crippen LogP contribution < -0.4 is 9.47 Å². The molecule has 10 nitrogen and oxygen atoms in total. The second-order valence-electron chi connectivity index (χ2n) is 11.4. The molecule has 0 aliphatic heterocycles. The summed E-state index contributed by atoms with van der Waals surface area (Å²) in [4.78, 5) is 44.9. The number of carbonyl (C=O) groups is 4. The van der Waals surface area contributed by atoms with E-state index >= 15 is 0 Å². The van der Waals surface area contributed by atoms with Gasteiger partial charge in [0.15, 0.2) is 0 Å². The van der Waals surface area contributed by atoms with E-state index in [9.17, 15) is 19.2 Å². The molecule has 1 aliphatic rings. The zero-order valence-electron chi connectivity index (χ0n) is 26.8. The van der Waals surface area contributed by atoms with Crippen molar-refractivity contribution in [2.75, 3.05) is 13.2 Å². The maximum atomic E-state index is 11.8. The van der Waals surface area contributed by atoms with Gasteiger partial charge < -0.3 is 29.2 Å². The highest BCUT2D eigenvalue weighted by Crippen LogP contribution is 2.56. The molecule has 0 heterocycles. The molecule has 2 N–H and O–H groups in total. The van der Waals surface area contributed by atoms with E-state index in [1.807, 2.05) is 72.8 Å². The van der Waals surface area contributed by atoms with E-state index in [0.717, 1.165) is 57.7 Å². The lowest BCUT2D eigenvalue weighted by molar-refractivity contribution is -0.144. The molecular formula is C39H34O10. The third-order valence-corrected chi connectivity index (χ3v) is 7.86. The fraction of sp³-hybridized carbons (Fsp3) is 0.179. The molecule has 10 heteroatoms. The smallest absolute Gasteiger partial charge is 0.331 e. The van der Waals surface area contributed by atoms with Gasteiger partial charge in [-0.05, 0) is 71.5 Å². The molecule has 49 heavy (non-hydrogen) atoms. The van der Waals surface area contributed by atoms with Crippen LogP contribution in [0.15, 0.2) is 121 Å². The van der Waals surface area contributed by atoms with Crippen LogP contribution in [0.25, 0.3) is 11.1 Å². The van der Waals surface area contributed by atoms with Crippen LogP contribution in [0.1, 0.15) is 36.1 Å². The van der Waals surface area contributed by atoms with E-state index in [1.165, 1.54) is 0 Å². The monoisotopic (exact) mass is 662 g/mol. The normalized spacial score (nSPS) is 14.0. The molecule has 4 aromatic rings. The number of carbonyl (C=O) groups excluding carboxylic acids is 2. The number of hydrogen-bond acceptors (Lipinski definition) is 8. The summed E-state index contributed by atoms with van der Waals surface area (Å²) in [5.41, 5.74) is 5.80. The van der Waals surface area contributed by atoms with E-state index in [1.54, 1.807) is 13.8 Å². The number of ether oxygens (including phenoxy) is 4. The number of hydrogen-bond donors (Lipinski definition) is 2. The topological polar surface area (TPSA) is 146 Å². The third kappa shape index (κ3) is 7.87. The number of carboxylic acids is 2. The number of fused-ring (bicyclic) bond motifs is 3. The van der Waals surface area contributed by atoms with E-state index in [2.05, 4.69) is 24.3 Å². The van der Waals surface area contributed by atoms with Gasteiger partial charge in [0.2, 0.25) is 0 Å². The average molecular weight is 663 g/mol. The van der Waals surface area contributed by atoms with Crippen LogP contribution in [0.3, 0.4) is 0 Å². The Balaban J connectivity index is 1.40. The molecule has 0 spiro atoms. The number of benzene rings is 4. The van der Waals surface area contributed by atoms with Gasteiger partial charge in [-0.2, -0.15) is 0 Å². The predicted molar refractivity (Wildman–Crippen MR) is 179 cm³/mol. The van der Waals surface area contributed by atoms with Gasteiger partial charge in [-0.1, -0.05) is 72.8 Å². The average Bonchev–Trinajstić information content (AvgIpc) is 3.39. The standard InChI is InChI=1S/C39H34O10/c1-25(48-37(44)21-19-35(40)41)23-46-29-15-11-27(12-16-29)39(33-9-5-3-7-31(33)32-8-4-6-10-34(32)39)28-13-17-30(18-14-28)47-24-26(2)49-38(45)22-20-36(42)43/h3-22,25-26H,23-24H2,1-2H3,(H,40,41)(H,42,43). The maximum absolute atomic E-state index is 11.8. The lowest BCUT2D eigenvalue weighted by Crippen LogP contribution is -2.28. The molecule has 4 aromatic carbocycles. The first-order valence-electron chi connectivity index (χ1n) is 15.5. The predicted octanol–water partition coefficient (Wildman–Crippen LogP) is 5.95. The second kappa shape index (κ2) is 15.2. The lowest BCUT2D eigenvalue weighted by Gasteiger charge is -2.34. The van der Waals surface area contributed by atoms with Crippen molar-refractivity contribution in [2.45, 2.75) is 31.5 Å². The molecule has 1 aliphatic carbocycles. The first-order chi connectivity index (χ1) is 23.6. The number of rotatable bonds is 14. The molecule has 0 saturated carbocycles. The summed E-state index contributed by atoms with van der Waals surface area (Å²) in [7, 11) is 0. The van der Waals surface area contributed by atoms with Crippen LogP contribution in [0.5, 0.6) is 11.5 Å². The Morgan fingerprint density at radius 2 is 0.939 bits per heavy atom. The molecule has 0 bridgehead atoms. The molecule has 0 radical (unpaired) electrons. The highest BCUT2D eigenvalue weighted by Gasteiger charge is 2.45. The van der Waals surface area contributed by atoms with Gasteiger partial charge >= 0.3 is 23.9 Å². The zero-order chi connectivity index (χ0) is 35.0. The molecule has 0 aromatic heterocycles. The summed E-state index contributed by atoms with van der Waals surface area (Å²) in [5, 5.41) is 17.4. The molecule has 250 valence electrons. The summed E-state index contributed by atoms with van der Waals surface area (Å²) >= 11 is 0. The van der Waals surface area contributed by atoms with Crippen LogP contribution in [0.4, 0.5) is 0 Å². The Bertz CT molecular complexity index is 1750. The lowest BCUT2D eigenvalue weighted by atomic mass is 9.68. The van der Waals surface area contributed by atoms with E-state index < -0.39 is 41.5 Å². The van der Waals surface area contributed by atoms with Crippen molar-refractivity contribution >= 4 is 23.9 Å². The first-order valence-corrected chi connectivity index (χ1v) is 15.5. The Morgan fingerprint density at radius 3 is 1.31 bits per heavy atom. The molecule has 5 rings (SSSR count). The second-order valence-corrected chi connectivity index (χ2v) is 11.4. The highest BCUT2D eigenvalue weighted by atomic mass is 16.6. The van der Waals surface area contributed by atoms with E-state index in [-0.39, 0.29) is 13.2 Å². The number of aliphatic carboxylic acids is 2. The van der Waals surface area contributed by atoms with Crippen molar-refractivity contribution in [2.24, 2.45) is 0 Å². The molecular weight excluding hydrogens is 628 g/mol. The Kier molecular flexibility index (Phi) is 10.6. The first kappa shape index (κ1) is 34.2. The van der Waals surface area contributed by atoms with Crippen molar-refractivity contribution in [3.05, 3.63) is 144 Å². The fourth-order valence-corrected chi connectivity index (χ4v) is 5.88. The van der Waals surface area contributed by atoms with Crippen molar-refractivity contribution in [3.8, 4) is 22.6 Å². The van der Waals surface area contributed by atoms with Gasteiger partial charge in [0.05, 0.1) is 5.41 Å². The Labute approximate surface area is 282 Å². The molecule has 2 unspecified atom stereocenters. The Morgan fingerprint density at radius 1 is 0.571 bits per heavy atom. The van der Waals surface area contributed by atoms with Crippen molar-refractivity contribution in [1.82, 2.24) is 0 Å². The molecule has 2 atom stereocenters. The summed E-state index contributed by atoms with van der Waals surface area (Å²) in [6.45, 7) is 3.45. The summed E-state index contributed by atoms with van der Waals surface area (Å²) in [6, 6.07) is 32.1.